The lowest BCUT2D eigenvalue weighted by atomic mass is 9.90. The smallest absolute Gasteiger partial charge is 0.0727 e. The van der Waals surface area contributed by atoms with Crippen molar-refractivity contribution >= 4 is 22.3 Å². The molecule has 4 heteroatoms. The van der Waals surface area contributed by atoms with Crippen LogP contribution >= 0.6 is 0 Å². The number of nitrogen functional groups attached to an aromatic ring is 1. The summed E-state index contributed by atoms with van der Waals surface area (Å²) in [7, 11) is 0. The molecule has 1 heterocycles. The molecule has 0 bridgehead atoms. The molecule has 3 rings (SSSR count). The number of benzene rings is 1. The molecule has 0 amide bonds. The first-order valence-corrected chi connectivity index (χ1v) is 7.23. The maximum absolute atomic E-state index is 9.38. The molecule has 0 spiro atoms. The van der Waals surface area contributed by atoms with Gasteiger partial charge in [-0.05, 0) is 50.5 Å². The third-order valence-electron chi connectivity index (χ3n) is 4.10. The highest BCUT2D eigenvalue weighted by molar-refractivity contribution is 5.94. The van der Waals surface area contributed by atoms with E-state index in [1.165, 1.54) is 19.3 Å². The molecular formula is C16H21N3O. The van der Waals surface area contributed by atoms with Crippen LogP contribution in [0.4, 0.5) is 11.4 Å². The molecule has 4 nitrogen and oxygen atoms in total. The molecule has 20 heavy (non-hydrogen) atoms. The fraction of sp³-hybridized carbons (Fsp3) is 0.438. The maximum atomic E-state index is 9.38. The van der Waals surface area contributed by atoms with E-state index in [0.717, 1.165) is 28.0 Å². The number of rotatable bonds is 4. The van der Waals surface area contributed by atoms with E-state index in [4.69, 9.17) is 5.73 Å². The standard InChI is InChI=1S/C16H21N3O/c1-11-9-16(19(7-8-20)13-3-2-4-13)14-10-12(17)5-6-15(14)18-11/h5-6,9-10,13,20H,2-4,7-8,17H2,1H3. The molecule has 3 N–H and O–H groups in total. The van der Waals surface area contributed by atoms with Gasteiger partial charge in [-0.2, -0.15) is 0 Å². The van der Waals surface area contributed by atoms with Crippen LogP contribution in [0.15, 0.2) is 24.3 Å². The van der Waals surface area contributed by atoms with Crippen LogP contribution in [0.5, 0.6) is 0 Å². The summed E-state index contributed by atoms with van der Waals surface area (Å²) >= 11 is 0. The van der Waals surface area contributed by atoms with Gasteiger partial charge in [0, 0.05) is 35.0 Å². The predicted molar refractivity (Wildman–Crippen MR) is 83.0 cm³/mol. The Morgan fingerprint density at radius 1 is 1.35 bits per heavy atom. The number of pyridine rings is 1. The zero-order valence-corrected chi connectivity index (χ0v) is 11.8. The highest BCUT2D eigenvalue weighted by atomic mass is 16.3. The number of aliphatic hydroxyl groups is 1. The highest BCUT2D eigenvalue weighted by Crippen LogP contribution is 2.34. The van der Waals surface area contributed by atoms with E-state index in [2.05, 4.69) is 16.0 Å². The molecule has 106 valence electrons. The van der Waals surface area contributed by atoms with Crippen LogP contribution in [-0.2, 0) is 0 Å². The van der Waals surface area contributed by atoms with Crippen LogP contribution in [-0.4, -0.2) is 29.3 Å². The first kappa shape index (κ1) is 13.2. The summed E-state index contributed by atoms with van der Waals surface area (Å²) in [6, 6.07) is 8.49. The van der Waals surface area contributed by atoms with E-state index in [0.29, 0.717) is 12.6 Å². The minimum atomic E-state index is 0.168. The number of anilines is 2. The van der Waals surface area contributed by atoms with Gasteiger partial charge >= 0.3 is 0 Å². The minimum Gasteiger partial charge on any atom is -0.399 e. The Kier molecular flexibility index (Phi) is 3.49. The van der Waals surface area contributed by atoms with Gasteiger partial charge in [-0.15, -0.1) is 0 Å². The van der Waals surface area contributed by atoms with Gasteiger partial charge in [-0.25, -0.2) is 0 Å². The molecule has 1 aromatic carbocycles. The normalized spacial score (nSPS) is 15.3. The van der Waals surface area contributed by atoms with Gasteiger partial charge in [0.1, 0.15) is 0 Å². The topological polar surface area (TPSA) is 62.4 Å². The van der Waals surface area contributed by atoms with Crippen LogP contribution < -0.4 is 10.6 Å². The van der Waals surface area contributed by atoms with Gasteiger partial charge in [0.05, 0.1) is 12.1 Å². The first-order valence-electron chi connectivity index (χ1n) is 7.23. The van der Waals surface area contributed by atoms with Gasteiger partial charge in [0.15, 0.2) is 0 Å². The van der Waals surface area contributed by atoms with Crippen molar-refractivity contribution in [3.05, 3.63) is 30.0 Å². The Bertz CT molecular complexity index is 622. The van der Waals surface area contributed by atoms with Gasteiger partial charge in [0.2, 0.25) is 0 Å². The molecule has 0 atom stereocenters. The van der Waals surface area contributed by atoms with E-state index >= 15 is 0 Å². The van der Waals surface area contributed by atoms with Crippen LogP contribution in [0.3, 0.4) is 0 Å². The summed E-state index contributed by atoms with van der Waals surface area (Å²) in [5, 5.41) is 10.5. The quantitative estimate of drug-likeness (QED) is 0.839. The number of hydrogen-bond donors (Lipinski definition) is 2. The van der Waals surface area contributed by atoms with E-state index in [1.54, 1.807) is 0 Å². The van der Waals surface area contributed by atoms with E-state index in [-0.39, 0.29) is 6.61 Å². The van der Waals surface area contributed by atoms with Crippen LogP contribution in [0.25, 0.3) is 10.9 Å². The van der Waals surface area contributed by atoms with Crippen molar-refractivity contribution in [2.45, 2.75) is 32.2 Å². The Labute approximate surface area is 119 Å². The highest BCUT2D eigenvalue weighted by Gasteiger charge is 2.26. The van der Waals surface area contributed by atoms with Crippen molar-refractivity contribution in [1.29, 1.82) is 0 Å². The second-order valence-electron chi connectivity index (χ2n) is 5.56. The number of aromatic nitrogens is 1. The number of aryl methyl sites for hydroxylation is 1. The van der Waals surface area contributed by atoms with Gasteiger partial charge < -0.3 is 15.7 Å². The lowest BCUT2D eigenvalue weighted by Gasteiger charge is -2.39. The average Bonchev–Trinajstić information content (AvgIpc) is 2.36. The largest absolute Gasteiger partial charge is 0.399 e. The van der Waals surface area contributed by atoms with E-state index < -0.39 is 0 Å². The summed E-state index contributed by atoms with van der Waals surface area (Å²) < 4.78 is 0. The van der Waals surface area contributed by atoms with Crippen LogP contribution in [0, 0.1) is 6.92 Å². The van der Waals surface area contributed by atoms with Crippen LogP contribution in [0.1, 0.15) is 25.0 Å². The van der Waals surface area contributed by atoms with Crippen molar-refractivity contribution in [3.63, 3.8) is 0 Å². The zero-order valence-electron chi connectivity index (χ0n) is 11.8. The lowest BCUT2D eigenvalue weighted by molar-refractivity contribution is 0.284. The van der Waals surface area contributed by atoms with Crippen molar-refractivity contribution in [3.8, 4) is 0 Å². The summed E-state index contributed by atoms with van der Waals surface area (Å²) in [5.41, 5.74) is 9.80. The molecule has 0 saturated heterocycles. The second kappa shape index (κ2) is 5.29. The molecule has 0 aliphatic heterocycles. The van der Waals surface area contributed by atoms with Crippen molar-refractivity contribution < 1.29 is 5.11 Å². The molecule has 1 aliphatic rings. The zero-order chi connectivity index (χ0) is 14.1. The van der Waals surface area contributed by atoms with Gasteiger partial charge in [-0.3, -0.25) is 4.98 Å². The Morgan fingerprint density at radius 3 is 2.80 bits per heavy atom. The first-order chi connectivity index (χ1) is 9.69. The maximum Gasteiger partial charge on any atom is 0.0727 e. The van der Waals surface area contributed by atoms with Crippen LogP contribution in [0.2, 0.25) is 0 Å². The van der Waals surface area contributed by atoms with Crippen molar-refractivity contribution in [2.75, 3.05) is 23.8 Å². The summed E-state index contributed by atoms with van der Waals surface area (Å²) in [6.07, 6.45) is 3.67. The monoisotopic (exact) mass is 271 g/mol. The molecule has 1 aromatic heterocycles. The number of aliphatic hydroxyl groups excluding tert-OH is 1. The molecule has 1 fully saturated rings. The lowest BCUT2D eigenvalue weighted by Crippen LogP contribution is -2.42. The van der Waals surface area contributed by atoms with Gasteiger partial charge in [-0.1, -0.05) is 0 Å². The molecule has 2 aromatic rings. The summed E-state index contributed by atoms with van der Waals surface area (Å²) in [5.74, 6) is 0. The number of nitrogens with two attached hydrogens (primary N) is 1. The molecule has 0 unspecified atom stereocenters. The number of fused-ring (bicyclic) bond motifs is 1. The molecular weight excluding hydrogens is 250 g/mol. The van der Waals surface area contributed by atoms with Crippen molar-refractivity contribution in [1.82, 2.24) is 4.98 Å². The predicted octanol–water partition coefficient (Wildman–Crippen LogP) is 2.48. The third kappa shape index (κ3) is 2.31. The summed E-state index contributed by atoms with van der Waals surface area (Å²) in [6.45, 7) is 2.84. The summed E-state index contributed by atoms with van der Waals surface area (Å²) in [4.78, 5) is 6.90. The Hall–Kier alpha value is -1.81. The Balaban J connectivity index is 2.13. The fourth-order valence-corrected chi connectivity index (χ4v) is 2.90. The fourth-order valence-electron chi connectivity index (χ4n) is 2.90. The third-order valence-corrected chi connectivity index (χ3v) is 4.10. The molecule has 0 radical (unpaired) electrons. The molecule has 1 aliphatic carbocycles. The van der Waals surface area contributed by atoms with E-state index in [1.807, 2.05) is 25.1 Å². The second-order valence-corrected chi connectivity index (χ2v) is 5.56. The van der Waals surface area contributed by atoms with Crippen molar-refractivity contribution in [2.24, 2.45) is 0 Å². The minimum absolute atomic E-state index is 0.168. The number of hydrogen-bond acceptors (Lipinski definition) is 4. The van der Waals surface area contributed by atoms with Gasteiger partial charge in [0.25, 0.3) is 0 Å². The number of nitrogens with zero attached hydrogens (tertiary/aromatic N) is 2. The molecule has 1 saturated carbocycles. The van der Waals surface area contributed by atoms with E-state index in [9.17, 15) is 5.11 Å². The SMILES string of the molecule is Cc1cc(N(CCO)C2CCC2)c2cc(N)ccc2n1. The Morgan fingerprint density at radius 2 is 2.15 bits per heavy atom. The average molecular weight is 271 g/mol.